The van der Waals surface area contributed by atoms with Gasteiger partial charge in [-0.3, -0.25) is 19.1 Å². The van der Waals surface area contributed by atoms with E-state index in [-0.39, 0.29) is 5.92 Å². The zero-order valence-electron chi connectivity index (χ0n) is 16.1. The molecule has 0 unspecified atom stereocenters. The summed E-state index contributed by atoms with van der Waals surface area (Å²) in [4.78, 5) is 31.7. The third kappa shape index (κ3) is 2.87. The van der Waals surface area contributed by atoms with E-state index in [4.69, 9.17) is 4.74 Å². The Labute approximate surface area is 162 Å². The van der Waals surface area contributed by atoms with Gasteiger partial charge in [0.2, 0.25) is 5.88 Å². The van der Waals surface area contributed by atoms with Gasteiger partial charge in [0.05, 0.1) is 7.11 Å². The van der Waals surface area contributed by atoms with Crippen molar-refractivity contribution in [1.82, 2.24) is 24.2 Å². The van der Waals surface area contributed by atoms with E-state index in [2.05, 4.69) is 15.0 Å². The van der Waals surface area contributed by atoms with Crippen LogP contribution in [0.15, 0.2) is 27.9 Å². The van der Waals surface area contributed by atoms with E-state index in [0.717, 1.165) is 43.9 Å². The van der Waals surface area contributed by atoms with Gasteiger partial charge < -0.3 is 4.74 Å². The maximum absolute atomic E-state index is 12.6. The van der Waals surface area contributed by atoms with Crippen molar-refractivity contribution in [2.24, 2.45) is 11.8 Å². The largest absolute Gasteiger partial charge is 0.481 e. The number of rotatable bonds is 5. The lowest BCUT2D eigenvalue weighted by Gasteiger charge is -2.25. The second-order valence-electron chi connectivity index (χ2n) is 8.29. The highest BCUT2D eigenvalue weighted by Crippen LogP contribution is 2.38. The predicted octanol–water partition coefficient (Wildman–Crippen LogP) is 0.838. The number of hydrogen-bond acceptors (Lipinski definition) is 6. The van der Waals surface area contributed by atoms with Crippen LogP contribution < -0.4 is 15.9 Å². The monoisotopic (exact) mass is 383 g/mol. The number of fused-ring (bicyclic) bond motifs is 3. The van der Waals surface area contributed by atoms with E-state index >= 15 is 0 Å². The Morgan fingerprint density at radius 3 is 2.79 bits per heavy atom. The van der Waals surface area contributed by atoms with Crippen molar-refractivity contribution in [1.29, 1.82) is 0 Å². The summed E-state index contributed by atoms with van der Waals surface area (Å²) in [5.41, 5.74) is 0.192. The first-order valence-electron chi connectivity index (χ1n) is 10.1. The highest BCUT2D eigenvalue weighted by atomic mass is 16.5. The molecule has 0 N–H and O–H groups in total. The Morgan fingerprint density at radius 1 is 1.18 bits per heavy atom. The smallest absolute Gasteiger partial charge is 0.332 e. The fraction of sp³-hybridized carbons (Fsp3) is 0.600. The summed E-state index contributed by atoms with van der Waals surface area (Å²) >= 11 is 0. The highest BCUT2D eigenvalue weighted by Gasteiger charge is 2.43. The molecule has 5 rings (SSSR count). The molecule has 148 valence electrons. The molecule has 1 saturated carbocycles. The molecule has 8 nitrogen and oxygen atoms in total. The predicted molar refractivity (Wildman–Crippen MR) is 102 cm³/mol. The van der Waals surface area contributed by atoms with Gasteiger partial charge in [-0.1, -0.05) is 12.5 Å². The third-order valence-corrected chi connectivity index (χ3v) is 6.52. The first-order chi connectivity index (χ1) is 13.6. The van der Waals surface area contributed by atoms with Crippen LogP contribution in [0.25, 0.3) is 0 Å². The van der Waals surface area contributed by atoms with Crippen molar-refractivity contribution in [3.63, 3.8) is 0 Å². The maximum Gasteiger partial charge on any atom is 0.332 e. The van der Waals surface area contributed by atoms with E-state index < -0.39 is 11.1 Å². The molecule has 0 bridgehead atoms. The molecule has 2 aromatic heterocycles. The van der Waals surface area contributed by atoms with Gasteiger partial charge in [0.25, 0.3) is 0 Å². The Kier molecular flexibility index (Phi) is 4.30. The number of aromatic nitrogens is 4. The topological polar surface area (TPSA) is 82.2 Å². The molecule has 3 aliphatic rings. The molecule has 0 radical (unpaired) electrons. The number of hydrogen-bond donors (Lipinski definition) is 0. The van der Waals surface area contributed by atoms with Crippen LogP contribution in [0, 0.1) is 11.8 Å². The number of pyridine rings is 1. The van der Waals surface area contributed by atoms with Crippen LogP contribution in [0.5, 0.6) is 5.88 Å². The second-order valence-corrected chi connectivity index (χ2v) is 8.29. The molecule has 28 heavy (non-hydrogen) atoms. The molecule has 4 heterocycles. The third-order valence-electron chi connectivity index (χ3n) is 6.52. The molecular weight excluding hydrogens is 358 g/mol. The van der Waals surface area contributed by atoms with Crippen molar-refractivity contribution in [3.8, 4) is 5.88 Å². The minimum absolute atomic E-state index is 0.198. The van der Waals surface area contributed by atoms with Gasteiger partial charge in [0.1, 0.15) is 5.82 Å². The van der Waals surface area contributed by atoms with Gasteiger partial charge in [0.15, 0.2) is 0 Å². The fourth-order valence-electron chi connectivity index (χ4n) is 4.82. The molecule has 2 aromatic rings. The van der Waals surface area contributed by atoms with Gasteiger partial charge in [-0.25, -0.2) is 9.67 Å². The molecule has 0 aromatic carbocycles. The first kappa shape index (κ1) is 17.6. The molecule has 0 spiro atoms. The minimum atomic E-state index is -0.465. The van der Waals surface area contributed by atoms with Crippen LogP contribution in [0.2, 0.25) is 0 Å². The summed E-state index contributed by atoms with van der Waals surface area (Å²) in [6.45, 7) is 3.64. The molecule has 1 saturated heterocycles. The second kappa shape index (κ2) is 6.84. The molecule has 2 atom stereocenters. The van der Waals surface area contributed by atoms with Crippen LogP contribution in [0.1, 0.15) is 36.6 Å². The Hall–Kier alpha value is -2.48. The average Bonchev–Trinajstić information content (AvgIpc) is 3.20. The van der Waals surface area contributed by atoms with Crippen LogP contribution in [0.3, 0.4) is 0 Å². The normalized spacial score (nSPS) is 24.0. The SMILES string of the molecule is COc1ncccc1CN1C[C@@H]2Cn3c(nn(CC4CCC4)c(=O)c3=O)[C@@H]2C1. The first-order valence-corrected chi connectivity index (χ1v) is 10.1. The fourth-order valence-corrected chi connectivity index (χ4v) is 4.82. The van der Waals surface area contributed by atoms with Crippen molar-refractivity contribution >= 4 is 0 Å². The summed E-state index contributed by atoms with van der Waals surface area (Å²) < 4.78 is 8.43. The number of methoxy groups -OCH3 is 1. The van der Waals surface area contributed by atoms with Crippen LogP contribution in [-0.2, 0) is 19.6 Å². The molecule has 8 heteroatoms. The van der Waals surface area contributed by atoms with Gasteiger partial charge in [0, 0.05) is 56.3 Å². The van der Waals surface area contributed by atoms with Gasteiger partial charge in [-0.2, -0.15) is 5.10 Å². The number of nitrogens with zero attached hydrogens (tertiary/aromatic N) is 5. The zero-order chi connectivity index (χ0) is 19.3. The van der Waals surface area contributed by atoms with E-state index in [1.165, 1.54) is 11.1 Å². The van der Waals surface area contributed by atoms with E-state index in [1.54, 1.807) is 17.9 Å². The summed E-state index contributed by atoms with van der Waals surface area (Å²) in [5.74, 6) is 2.45. The standard InChI is InChI=1S/C20H25N5O3/c1-28-18-14(6-3-7-21-18)9-23-10-15-11-24-17(16(15)12-23)22-25(20(27)19(24)26)8-13-4-2-5-13/h3,6-7,13,15-16H,2,4-5,8-12H2,1H3/t15-,16-/m1/s1. The van der Waals surface area contributed by atoms with Crippen LogP contribution in [-0.4, -0.2) is 44.4 Å². The van der Waals surface area contributed by atoms with Crippen molar-refractivity contribution in [2.45, 2.75) is 44.8 Å². The molecule has 0 amide bonds. The van der Waals surface area contributed by atoms with E-state index in [9.17, 15) is 9.59 Å². The Morgan fingerprint density at radius 2 is 2.04 bits per heavy atom. The summed E-state index contributed by atoms with van der Waals surface area (Å²) in [5, 5.41) is 4.66. The summed E-state index contributed by atoms with van der Waals surface area (Å²) in [6, 6.07) is 3.96. The van der Waals surface area contributed by atoms with E-state index in [1.807, 2.05) is 12.1 Å². The molecule has 2 aliphatic heterocycles. The number of ether oxygens (including phenoxy) is 1. The average molecular weight is 383 g/mol. The van der Waals surface area contributed by atoms with Gasteiger partial charge in [-0.15, -0.1) is 0 Å². The van der Waals surface area contributed by atoms with Gasteiger partial charge >= 0.3 is 11.1 Å². The van der Waals surface area contributed by atoms with Crippen LogP contribution in [0.4, 0.5) is 0 Å². The number of likely N-dealkylation sites (tertiary alicyclic amines) is 1. The van der Waals surface area contributed by atoms with Crippen LogP contribution >= 0.6 is 0 Å². The lowest BCUT2D eigenvalue weighted by molar-refractivity contribution is 0.256. The maximum atomic E-state index is 12.6. The lowest BCUT2D eigenvalue weighted by Crippen LogP contribution is -2.45. The molecular formula is C20H25N5O3. The zero-order valence-corrected chi connectivity index (χ0v) is 16.1. The summed E-state index contributed by atoms with van der Waals surface area (Å²) in [7, 11) is 1.64. The molecule has 1 aliphatic carbocycles. The Bertz CT molecular complexity index is 1010. The minimum Gasteiger partial charge on any atom is -0.481 e. The van der Waals surface area contributed by atoms with Crippen molar-refractivity contribution in [3.05, 3.63) is 50.4 Å². The lowest BCUT2D eigenvalue weighted by atomic mass is 9.85. The molecule has 2 fully saturated rings. The van der Waals surface area contributed by atoms with Crippen molar-refractivity contribution < 1.29 is 4.74 Å². The van der Waals surface area contributed by atoms with Gasteiger partial charge in [-0.05, 0) is 24.8 Å². The quantitative estimate of drug-likeness (QED) is 0.712. The highest BCUT2D eigenvalue weighted by molar-refractivity contribution is 5.25. The van der Waals surface area contributed by atoms with Crippen molar-refractivity contribution in [2.75, 3.05) is 20.2 Å². The Balaban J connectivity index is 1.38. The van der Waals surface area contributed by atoms with E-state index in [0.29, 0.717) is 30.8 Å². The summed E-state index contributed by atoms with van der Waals surface area (Å²) in [6.07, 6.45) is 5.19.